The molecule has 0 aliphatic carbocycles. The molecule has 0 atom stereocenters. The third-order valence-electron chi connectivity index (χ3n) is 5.86. The van der Waals surface area contributed by atoms with Gasteiger partial charge in [0.1, 0.15) is 5.56 Å². The van der Waals surface area contributed by atoms with E-state index in [4.69, 9.17) is 0 Å². The Hall–Kier alpha value is -2.84. The number of rotatable bonds is 3. The number of carbonyl (C=O) groups excluding carboxylic acids is 1. The number of carbonyl (C=O) groups is 1. The van der Waals surface area contributed by atoms with Crippen LogP contribution in [-0.4, -0.2) is 33.4 Å². The lowest BCUT2D eigenvalue weighted by molar-refractivity contribution is -0.139. The summed E-state index contributed by atoms with van der Waals surface area (Å²) in [5.74, 6) is 0.0968. The second-order valence-electron chi connectivity index (χ2n) is 7.72. The lowest BCUT2D eigenvalue weighted by Gasteiger charge is -2.41. The molecule has 29 heavy (non-hydrogen) atoms. The maximum absolute atomic E-state index is 13.3. The van der Waals surface area contributed by atoms with Crippen LogP contribution in [0.4, 0.5) is 18.9 Å². The maximum atomic E-state index is 13.3. The van der Waals surface area contributed by atoms with E-state index >= 15 is 0 Å². The van der Waals surface area contributed by atoms with Crippen molar-refractivity contribution in [3.05, 3.63) is 57.3 Å². The minimum Gasteiger partial charge on any atom is -0.370 e. The smallest absolute Gasteiger partial charge is 0.370 e. The summed E-state index contributed by atoms with van der Waals surface area (Å²) in [6, 6.07) is 3.82. The van der Waals surface area contributed by atoms with Gasteiger partial charge in [0.15, 0.2) is 0 Å². The highest BCUT2D eigenvalue weighted by Gasteiger charge is 2.40. The van der Waals surface area contributed by atoms with E-state index in [1.807, 2.05) is 12.1 Å². The number of nitrogens with zero attached hydrogens (tertiary/aromatic N) is 4. The predicted molar refractivity (Wildman–Crippen MR) is 100 cm³/mol. The number of aromatic nitrogens is 2. The molecule has 2 aliphatic heterocycles. The van der Waals surface area contributed by atoms with Gasteiger partial charge in [0.2, 0.25) is 5.91 Å². The Kier molecular flexibility index (Phi) is 4.63. The van der Waals surface area contributed by atoms with Crippen LogP contribution in [0.15, 0.2) is 29.3 Å². The van der Waals surface area contributed by atoms with Crippen LogP contribution >= 0.6 is 0 Å². The van der Waals surface area contributed by atoms with Gasteiger partial charge in [0.05, 0.1) is 18.4 Å². The highest BCUT2D eigenvalue weighted by molar-refractivity contribution is 5.77. The first-order valence-corrected chi connectivity index (χ1v) is 9.38. The van der Waals surface area contributed by atoms with Gasteiger partial charge in [-0.15, -0.1) is 0 Å². The fourth-order valence-corrected chi connectivity index (χ4v) is 4.20. The number of hydrogen-bond donors (Lipinski definition) is 0. The lowest BCUT2D eigenvalue weighted by atomic mass is 9.95. The Bertz CT molecular complexity index is 1010. The third-order valence-corrected chi connectivity index (χ3v) is 5.86. The van der Waals surface area contributed by atoms with Crippen LogP contribution in [-0.2, 0) is 31.1 Å². The number of fused-ring (bicyclic) bond motifs is 1. The Balaban J connectivity index is 1.45. The molecule has 1 saturated heterocycles. The standard InChI is InChI=1S/C20H21F3N4O2/c1-12-15-10-27(11-16(15)25(2)19(29)18(12)20(21,22)23)17(28)6-13-8-26(9-13)14-4-3-5-24-7-14/h3-5,7,13H,6,8-11H2,1-2H3. The van der Waals surface area contributed by atoms with E-state index in [0.717, 1.165) is 23.3 Å². The van der Waals surface area contributed by atoms with Crippen molar-refractivity contribution in [2.75, 3.05) is 18.0 Å². The molecule has 2 aromatic heterocycles. The Morgan fingerprint density at radius 2 is 2.00 bits per heavy atom. The summed E-state index contributed by atoms with van der Waals surface area (Å²) < 4.78 is 41.0. The number of alkyl halides is 3. The second-order valence-corrected chi connectivity index (χ2v) is 7.72. The van der Waals surface area contributed by atoms with Crippen LogP contribution in [0.3, 0.4) is 0 Å². The molecule has 1 amide bonds. The zero-order valence-corrected chi connectivity index (χ0v) is 16.2. The zero-order valence-electron chi connectivity index (χ0n) is 16.2. The Labute approximate surface area is 165 Å². The van der Waals surface area contributed by atoms with Crippen LogP contribution in [0.5, 0.6) is 0 Å². The van der Waals surface area contributed by atoms with Crippen LogP contribution in [0.1, 0.15) is 28.8 Å². The van der Waals surface area contributed by atoms with Crippen molar-refractivity contribution in [1.82, 2.24) is 14.5 Å². The molecule has 4 heterocycles. The summed E-state index contributed by atoms with van der Waals surface area (Å²) in [7, 11) is 1.33. The Morgan fingerprint density at radius 1 is 1.28 bits per heavy atom. The summed E-state index contributed by atoms with van der Waals surface area (Å²) in [4.78, 5) is 32.7. The molecule has 2 aliphatic rings. The lowest BCUT2D eigenvalue weighted by Crippen LogP contribution is -2.48. The van der Waals surface area contributed by atoms with E-state index < -0.39 is 17.3 Å². The molecule has 0 saturated carbocycles. The normalized spacial score (nSPS) is 16.7. The van der Waals surface area contributed by atoms with Gasteiger partial charge in [0, 0.05) is 50.9 Å². The number of halogens is 3. The van der Waals surface area contributed by atoms with E-state index in [1.165, 1.54) is 14.0 Å². The minimum absolute atomic E-state index is 0.0719. The topological polar surface area (TPSA) is 58.4 Å². The molecule has 0 bridgehead atoms. The van der Waals surface area contributed by atoms with Crippen LogP contribution in [0.2, 0.25) is 0 Å². The first kappa shape index (κ1) is 19.5. The van der Waals surface area contributed by atoms with Crippen molar-refractivity contribution in [3.8, 4) is 0 Å². The van der Waals surface area contributed by atoms with Gasteiger partial charge in [-0.25, -0.2) is 0 Å². The molecule has 0 unspecified atom stereocenters. The molecule has 0 radical (unpaired) electrons. The summed E-state index contributed by atoms with van der Waals surface area (Å²) in [6.45, 7) is 3.07. The fourth-order valence-electron chi connectivity index (χ4n) is 4.20. The number of amides is 1. The monoisotopic (exact) mass is 406 g/mol. The van der Waals surface area contributed by atoms with E-state index in [9.17, 15) is 22.8 Å². The van der Waals surface area contributed by atoms with E-state index in [0.29, 0.717) is 17.7 Å². The van der Waals surface area contributed by atoms with Crippen LogP contribution in [0.25, 0.3) is 0 Å². The number of hydrogen-bond acceptors (Lipinski definition) is 4. The molecule has 1 fully saturated rings. The Morgan fingerprint density at radius 3 is 2.62 bits per heavy atom. The first-order valence-electron chi connectivity index (χ1n) is 9.38. The molecule has 154 valence electrons. The van der Waals surface area contributed by atoms with Crippen LogP contribution in [0, 0.1) is 12.8 Å². The average molecular weight is 406 g/mol. The molecule has 0 spiro atoms. The van der Waals surface area contributed by atoms with Crippen molar-refractivity contribution in [2.24, 2.45) is 13.0 Å². The van der Waals surface area contributed by atoms with Gasteiger partial charge < -0.3 is 14.4 Å². The summed E-state index contributed by atoms with van der Waals surface area (Å²) in [6.07, 6.45) is -0.900. The van der Waals surface area contributed by atoms with Gasteiger partial charge in [-0.05, 0) is 30.2 Å². The molecular formula is C20H21F3N4O2. The molecule has 9 heteroatoms. The zero-order chi connectivity index (χ0) is 20.9. The minimum atomic E-state index is -4.72. The summed E-state index contributed by atoms with van der Waals surface area (Å²) in [5, 5.41) is 0. The first-order chi connectivity index (χ1) is 13.7. The molecule has 4 rings (SSSR count). The molecule has 2 aromatic rings. The van der Waals surface area contributed by atoms with Crippen molar-refractivity contribution in [2.45, 2.75) is 32.6 Å². The van der Waals surface area contributed by atoms with Gasteiger partial charge in [-0.2, -0.15) is 13.2 Å². The van der Waals surface area contributed by atoms with Gasteiger partial charge in [0.25, 0.3) is 5.56 Å². The molecular weight excluding hydrogens is 385 g/mol. The highest BCUT2D eigenvalue weighted by atomic mass is 19.4. The summed E-state index contributed by atoms with van der Waals surface area (Å²) >= 11 is 0. The van der Waals surface area contributed by atoms with E-state index in [-0.39, 0.29) is 30.5 Å². The van der Waals surface area contributed by atoms with E-state index in [1.54, 1.807) is 17.3 Å². The van der Waals surface area contributed by atoms with Crippen molar-refractivity contribution in [3.63, 3.8) is 0 Å². The SMILES string of the molecule is Cc1c2c(n(C)c(=O)c1C(F)(F)F)CN(C(=O)CC1CN(c3cccnc3)C1)C2. The largest absolute Gasteiger partial charge is 0.421 e. The van der Waals surface area contributed by atoms with Crippen molar-refractivity contribution < 1.29 is 18.0 Å². The number of anilines is 1. The quantitative estimate of drug-likeness (QED) is 0.786. The molecule has 0 N–H and O–H groups in total. The van der Waals surface area contributed by atoms with Gasteiger partial charge in [-0.3, -0.25) is 14.6 Å². The summed E-state index contributed by atoms with van der Waals surface area (Å²) in [5.41, 5.74) is -0.349. The van der Waals surface area contributed by atoms with E-state index in [2.05, 4.69) is 9.88 Å². The predicted octanol–water partition coefficient (Wildman–Crippen LogP) is 2.48. The maximum Gasteiger partial charge on any atom is 0.421 e. The molecule has 6 nitrogen and oxygen atoms in total. The molecule has 0 aromatic carbocycles. The van der Waals surface area contributed by atoms with Crippen molar-refractivity contribution >= 4 is 11.6 Å². The highest BCUT2D eigenvalue weighted by Crippen LogP contribution is 2.35. The van der Waals surface area contributed by atoms with Crippen LogP contribution < -0.4 is 10.5 Å². The third kappa shape index (κ3) is 3.38. The van der Waals surface area contributed by atoms with Gasteiger partial charge >= 0.3 is 6.18 Å². The second kappa shape index (κ2) is 6.89. The number of pyridine rings is 2. The fraction of sp³-hybridized carbons (Fsp3) is 0.450. The average Bonchev–Trinajstić information content (AvgIpc) is 3.08. The van der Waals surface area contributed by atoms with Gasteiger partial charge in [-0.1, -0.05) is 0 Å². The van der Waals surface area contributed by atoms with Crippen molar-refractivity contribution in [1.29, 1.82) is 0 Å².